The van der Waals surface area contributed by atoms with Crippen molar-refractivity contribution < 1.29 is 0 Å². The molecule has 23 heavy (non-hydrogen) atoms. The van der Waals surface area contributed by atoms with E-state index in [4.69, 9.17) is 0 Å². The van der Waals surface area contributed by atoms with E-state index >= 15 is 0 Å². The minimum Gasteiger partial charge on any atom is -0.302 e. The molecule has 0 N–H and O–H groups in total. The monoisotopic (exact) mass is 321 g/mol. The zero-order valence-electron chi connectivity index (χ0n) is 16.7. The van der Waals surface area contributed by atoms with Gasteiger partial charge in [0.1, 0.15) is 0 Å². The third kappa shape index (κ3) is 12.5. The number of hydrogen-bond donors (Lipinski definition) is 0. The van der Waals surface area contributed by atoms with Gasteiger partial charge < -0.3 is 4.90 Å². The summed E-state index contributed by atoms with van der Waals surface area (Å²) in [6.45, 7) is 19.2. The van der Waals surface area contributed by atoms with E-state index < -0.39 is 0 Å². The van der Waals surface area contributed by atoms with Gasteiger partial charge in [0.25, 0.3) is 0 Å². The van der Waals surface area contributed by atoms with Crippen LogP contribution < -0.4 is 0 Å². The SMILES string of the molecule is C=CC(C=CCC(C)CC)CN(CCCCC)CC[C@@H](C)CC. The van der Waals surface area contributed by atoms with Gasteiger partial charge in [-0.1, -0.05) is 78.5 Å². The number of rotatable bonds is 15. The van der Waals surface area contributed by atoms with Crippen LogP contribution in [0, 0.1) is 17.8 Å². The fourth-order valence-electron chi connectivity index (χ4n) is 2.65. The third-order valence-corrected chi connectivity index (χ3v) is 5.10. The Kier molecular flexibility index (Phi) is 14.6. The van der Waals surface area contributed by atoms with Crippen molar-refractivity contribution >= 4 is 0 Å². The summed E-state index contributed by atoms with van der Waals surface area (Å²) in [5.74, 6) is 2.13. The van der Waals surface area contributed by atoms with Gasteiger partial charge in [-0.15, -0.1) is 6.58 Å². The molecule has 0 saturated carbocycles. The standard InChI is InChI=1S/C22H43N/c1-7-11-12-17-23(18-16-21(6)9-3)19-22(10-4)15-13-14-20(5)8-2/h10,13,15,20-22H,4,7-9,11-12,14,16-19H2,1-3,5-6H3/t20?,21-,22?/m0/s1. The molecule has 2 unspecified atom stereocenters. The van der Waals surface area contributed by atoms with Crippen LogP contribution in [-0.2, 0) is 0 Å². The summed E-state index contributed by atoms with van der Waals surface area (Å²) in [6, 6.07) is 0. The minimum absolute atomic E-state index is 0.498. The average molecular weight is 322 g/mol. The minimum atomic E-state index is 0.498. The number of nitrogens with zero attached hydrogens (tertiary/aromatic N) is 1. The highest BCUT2D eigenvalue weighted by atomic mass is 15.1. The molecule has 0 radical (unpaired) electrons. The Morgan fingerprint density at radius 2 is 1.65 bits per heavy atom. The van der Waals surface area contributed by atoms with E-state index in [1.807, 2.05) is 0 Å². The molecule has 0 fully saturated rings. The van der Waals surface area contributed by atoms with Crippen LogP contribution in [0.5, 0.6) is 0 Å². The van der Waals surface area contributed by atoms with Crippen LogP contribution in [0.4, 0.5) is 0 Å². The van der Waals surface area contributed by atoms with Crippen LogP contribution >= 0.6 is 0 Å². The van der Waals surface area contributed by atoms with Crippen LogP contribution in [0.2, 0.25) is 0 Å². The van der Waals surface area contributed by atoms with Gasteiger partial charge in [-0.05, 0) is 44.2 Å². The maximum Gasteiger partial charge on any atom is 0.00791 e. The Bertz CT molecular complexity index is 294. The van der Waals surface area contributed by atoms with Gasteiger partial charge in [0.15, 0.2) is 0 Å². The molecule has 3 atom stereocenters. The fourth-order valence-corrected chi connectivity index (χ4v) is 2.65. The molecular weight excluding hydrogens is 278 g/mol. The lowest BCUT2D eigenvalue weighted by Crippen LogP contribution is -2.31. The van der Waals surface area contributed by atoms with E-state index in [-0.39, 0.29) is 0 Å². The van der Waals surface area contributed by atoms with Gasteiger partial charge in [0.2, 0.25) is 0 Å². The Hall–Kier alpha value is -0.560. The Balaban J connectivity index is 4.44. The van der Waals surface area contributed by atoms with Crippen molar-refractivity contribution in [3.8, 4) is 0 Å². The third-order valence-electron chi connectivity index (χ3n) is 5.10. The molecule has 0 aliphatic carbocycles. The highest BCUT2D eigenvalue weighted by molar-refractivity contribution is 4.99. The normalized spacial score (nSPS) is 15.9. The molecule has 0 aromatic heterocycles. The maximum absolute atomic E-state index is 4.06. The number of allylic oxidation sites excluding steroid dienone is 1. The van der Waals surface area contributed by atoms with Gasteiger partial charge in [0, 0.05) is 12.5 Å². The van der Waals surface area contributed by atoms with E-state index in [1.54, 1.807) is 0 Å². The second-order valence-electron chi connectivity index (χ2n) is 7.39. The highest BCUT2D eigenvalue weighted by Gasteiger charge is 2.11. The molecule has 0 aliphatic heterocycles. The molecule has 1 heteroatoms. The van der Waals surface area contributed by atoms with E-state index in [0.717, 1.165) is 18.4 Å². The lowest BCUT2D eigenvalue weighted by Gasteiger charge is -2.26. The van der Waals surface area contributed by atoms with E-state index in [2.05, 4.69) is 64.3 Å². The molecule has 0 saturated heterocycles. The topological polar surface area (TPSA) is 3.24 Å². The van der Waals surface area contributed by atoms with E-state index in [0.29, 0.717) is 5.92 Å². The first-order valence-corrected chi connectivity index (χ1v) is 10.1. The summed E-state index contributed by atoms with van der Waals surface area (Å²) in [4.78, 5) is 2.67. The summed E-state index contributed by atoms with van der Waals surface area (Å²) in [5, 5.41) is 0. The summed E-state index contributed by atoms with van der Waals surface area (Å²) in [7, 11) is 0. The second kappa shape index (κ2) is 15.0. The summed E-state index contributed by atoms with van der Waals surface area (Å²) >= 11 is 0. The predicted octanol–water partition coefficient (Wildman–Crippen LogP) is 6.71. The Labute approximate surface area is 147 Å². The number of unbranched alkanes of at least 4 members (excludes halogenated alkanes) is 2. The highest BCUT2D eigenvalue weighted by Crippen LogP contribution is 2.13. The molecular formula is C22H43N. The molecule has 0 aromatic carbocycles. The molecule has 0 aliphatic rings. The Morgan fingerprint density at radius 1 is 0.957 bits per heavy atom. The van der Waals surface area contributed by atoms with Crippen LogP contribution in [-0.4, -0.2) is 24.5 Å². The van der Waals surface area contributed by atoms with Crippen molar-refractivity contribution in [3.05, 3.63) is 24.8 Å². The number of hydrogen-bond acceptors (Lipinski definition) is 1. The lowest BCUT2D eigenvalue weighted by molar-refractivity contribution is 0.237. The first-order valence-electron chi connectivity index (χ1n) is 10.1. The summed E-state index contributed by atoms with van der Waals surface area (Å²) in [6.07, 6.45) is 16.0. The summed E-state index contributed by atoms with van der Waals surface area (Å²) in [5.41, 5.74) is 0. The zero-order chi connectivity index (χ0) is 17.5. The summed E-state index contributed by atoms with van der Waals surface area (Å²) < 4.78 is 0. The van der Waals surface area contributed by atoms with E-state index in [9.17, 15) is 0 Å². The maximum atomic E-state index is 4.06. The van der Waals surface area contributed by atoms with Crippen LogP contribution in [0.15, 0.2) is 24.8 Å². The predicted molar refractivity (Wildman–Crippen MR) is 107 cm³/mol. The van der Waals surface area contributed by atoms with Crippen molar-refractivity contribution in [1.29, 1.82) is 0 Å². The van der Waals surface area contributed by atoms with Gasteiger partial charge in [-0.3, -0.25) is 0 Å². The molecule has 0 heterocycles. The molecule has 1 nitrogen and oxygen atoms in total. The van der Waals surface area contributed by atoms with Gasteiger partial charge in [-0.2, -0.15) is 0 Å². The average Bonchev–Trinajstić information content (AvgIpc) is 2.57. The first-order chi connectivity index (χ1) is 11.1. The quantitative estimate of drug-likeness (QED) is 0.239. The smallest absolute Gasteiger partial charge is 0.00791 e. The van der Waals surface area contributed by atoms with Crippen LogP contribution in [0.3, 0.4) is 0 Å². The lowest BCUT2D eigenvalue weighted by atomic mass is 10.0. The Morgan fingerprint density at radius 3 is 2.22 bits per heavy atom. The first kappa shape index (κ1) is 22.4. The molecule has 0 bridgehead atoms. The van der Waals surface area contributed by atoms with E-state index in [1.165, 1.54) is 58.0 Å². The molecule has 136 valence electrons. The van der Waals surface area contributed by atoms with Crippen molar-refractivity contribution in [2.24, 2.45) is 17.8 Å². The van der Waals surface area contributed by atoms with Crippen molar-refractivity contribution in [2.45, 2.75) is 79.6 Å². The van der Waals surface area contributed by atoms with Gasteiger partial charge in [-0.25, -0.2) is 0 Å². The molecule has 0 aromatic rings. The van der Waals surface area contributed by atoms with Crippen molar-refractivity contribution in [3.63, 3.8) is 0 Å². The van der Waals surface area contributed by atoms with Gasteiger partial charge >= 0.3 is 0 Å². The molecule has 0 rings (SSSR count). The van der Waals surface area contributed by atoms with Crippen LogP contribution in [0.1, 0.15) is 79.6 Å². The van der Waals surface area contributed by atoms with Crippen molar-refractivity contribution in [2.75, 3.05) is 19.6 Å². The fraction of sp³-hybridized carbons (Fsp3) is 0.818. The van der Waals surface area contributed by atoms with Crippen LogP contribution in [0.25, 0.3) is 0 Å². The largest absolute Gasteiger partial charge is 0.302 e. The molecule has 0 spiro atoms. The second-order valence-corrected chi connectivity index (χ2v) is 7.39. The van der Waals surface area contributed by atoms with Gasteiger partial charge in [0.05, 0.1) is 0 Å². The van der Waals surface area contributed by atoms with Crippen molar-refractivity contribution in [1.82, 2.24) is 4.90 Å². The molecule has 0 amide bonds. The zero-order valence-corrected chi connectivity index (χ0v) is 16.7.